The number of β-amino-alcohol motifs (C(OH)–C–C–N with tert-alkyl or cyclic N) is 1. The van der Waals surface area contributed by atoms with Gasteiger partial charge in [-0.2, -0.15) is 15.4 Å². The van der Waals surface area contributed by atoms with Crippen molar-refractivity contribution in [3.8, 4) is 0 Å². The van der Waals surface area contributed by atoms with E-state index in [9.17, 15) is 9.90 Å². The van der Waals surface area contributed by atoms with E-state index in [0.717, 1.165) is 16.5 Å². The summed E-state index contributed by atoms with van der Waals surface area (Å²) in [6, 6.07) is 5.74. The van der Waals surface area contributed by atoms with E-state index in [1.165, 1.54) is 6.20 Å². The molecule has 3 aromatic rings. The number of likely N-dealkylation sites (tertiary alicyclic amines) is 1. The summed E-state index contributed by atoms with van der Waals surface area (Å²) in [7, 11) is 0. The monoisotopic (exact) mass is 340 g/mol. The van der Waals surface area contributed by atoms with Gasteiger partial charge in [-0.1, -0.05) is 0 Å². The third-order valence-electron chi connectivity index (χ3n) is 4.99. The molecule has 0 saturated carbocycles. The average molecular weight is 340 g/mol. The van der Waals surface area contributed by atoms with E-state index >= 15 is 0 Å². The van der Waals surface area contributed by atoms with Gasteiger partial charge in [-0.05, 0) is 56.0 Å². The Morgan fingerprint density at radius 1 is 1.32 bits per heavy atom. The highest BCUT2D eigenvalue weighted by Crippen LogP contribution is 2.31. The minimum absolute atomic E-state index is 0.174. The quantitative estimate of drug-likeness (QED) is 0.746. The van der Waals surface area contributed by atoms with Crippen LogP contribution in [0, 0.1) is 13.8 Å². The van der Waals surface area contributed by atoms with Crippen molar-refractivity contribution in [2.24, 2.45) is 0 Å². The highest BCUT2D eigenvalue weighted by Gasteiger charge is 2.39. The molecule has 3 heterocycles. The molecule has 7 nitrogen and oxygen atoms in total. The fraction of sp³-hybridized carbons (Fsp3) is 0.389. The normalized spacial score (nSPS) is 21.0. The number of rotatable bonds is 2. The largest absolute Gasteiger partial charge is 0.451 e. The zero-order chi connectivity index (χ0) is 17.6. The van der Waals surface area contributed by atoms with Gasteiger partial charge in [0.15, 0.2) is 5.76 Å². The number of hydrogen-bond donors (Lipinski definition) is 2. The van der Waals surface area contributed by atoms with Crippen LogP contribution in [0.15, 0.2) is 28.8 Å². The maximum Gasteiger partial charge on any atom is 0.289 e. The molecule has 1 saturated heterocycles. The van der Waals surface area contributed by atoms with Gasteiger partial charge >= 0.3 is 0 Å². The standard InChI is InChI=1S/C18H20N4O3/c1-11-6-13-8-15(25-14(13)7-12(11)2)17(23)22-5-3-4-18(24,10-22)16-9-19-21-20-16/h6-9,24H,3-5,10H2,1-2H3,(H,19,20,21). The van der Waals surface area contributed by atoms with E-state index in [2.05, 4.69) is 15.4 Å². The Balaban J connectivity index is 1.62. The van der Waals surface area contributed by atoms with Crippen LogP contribution >= 0.6 is 0 Å². The first-order chi connectivity index (χ1) is 12.0. The summed E-state index contributed by atoms with van der Waals surface area (Å²) >= 11 is 0. The number of aryl methyl sites for hydroxylation is 2. The first kappa shape index (κ1) is 15.8. The second kappa shape index (κ2) is 5.70. The van der Waals surface area contributed by atoms with Crippen LogP contribution in [0.1, 0.15) is 40.2 Å². The number of furan rings is 1. The van der Waals surface area contributed by atoms with Gasteiger partial charge in [0.05, 0.1) is 12.7 Å². The van der Waals surface area contributed by atoms with E-state index in [1.807, 2.05) is 26.0 Å². The van der Waals surface area contributed by atoms with Crippen molar-refractivity contribution in [1.29, 1.82) is 0 Å². The van der Waals surface area contributed by atoms with Crippen molar-refractivity contribution >= 4 is 16.9 Å². The number of hydrogen-bond acceptors (Lipinski definition) is 5. The SMILES string of the molecule is Cc1cc2cc(C(=O)N3CCCC(O)(c4cn[nH]n4)C3)oc2cc1C. The molecular weight excluding hydrogens is 320 g/mol. The summed E-state index contributed by atoms with van der Waals surface area (Å²) in [5, 5.41) is 22.0. The molecule has 7 heteroatoms. The van der Waals surface area contributed by atoms with Gasteiger partial charge in [0.1, 0.15) is 16.9 Å². The lowest BCUT2D eigenvalue weighted by molar-refractivity contribution is -0.0327. The maximum absolute atomic E-state index is 12.9. The molecule has 4 rings (SSSR count). The van der Waals surface area contributed by atoms with Crippen molar-refractivity contribution < 1.29 is 14.3 Å². The molecule has 1 unspecified atom stereocenters. The van der Waals surface area contributed by atoms with Crippen LogP contribution in [0.4, 0.5) is 0 Å². The van der Waals surface area contributed by atoms with E-state index in [0.29, 0.717) is 36.4 Å². The van der Waals surface area contributed by atoms with Crippen LogP contribution in [0.25, 0.3) is 11.0 Å². The smallest absolute Gasteiger partial charge is 0.289 e. The predicted octanol–water partition coefficient (Wildman–Crippen LogP) is 2.29. The van der Waals surface area contributed by atoms with E-state index in [-0.39, 0.29) is 12.5 Å². The topological polar surface area (TPSA) is 95.2 Å². The zero-order valence-corrected chi connectivity index (χ0v) is 14.2. The number of nitrogens with zero attached hydrogens (tertiary/aromatic N) is 3. The van der Waals surface area contributed by atoms with Gasteiger partial charge < -0.3 is 14.4 Å². The fourth-order valence-electron chi connectivity index (χ4n) is 3.41. The number of piperidine rings is 1. The van der Waals surface area contributed by atoms with Gasteiger partial charge in [-0.25, -0.2) is 0 Å². The van der Waals surface area contributed by atoms with Gasteiger partial charge in [0.25, 0.3) is 5.91 Å². The third-order valence-corrected chi connectivity index (χ3v) is 4.99. The second-order valence-corrected chi connectivity index (χ2v) is 6.80. The van der Waals surface area contributed by atoms with E-state index in [4.69, 9.17) is 4.42 Å². The lowest BCUT2D eigenvalue weighted by Gasteiger charge is -2.37. The van der Waals surface area contributed by atoms with Crippen molar-refractivity contribution in [2.45, 2.75) is 32.3 Å². The van der Waals surface area contributed by atoms with E-state index in [1.54, 1.807) is 11.0 Å². The number of carbonyl (C=O) groups is 1. The van der Waals surface area contributed by atoms with Gasteiger partial charge in [-0.3, -0.25) is 4.79 Å². The average Bonchev–Trinajstić information content (AvgIpc) is 3.25. The minimum Gasteiger partial charge on any atom is -0.451 e. The molecule has 2 N–H and O–H groups in total. The van der Waals surface area contributed by atoms with Gasteiger partial charge in [-0.15, -0.1) is 0 Å². The molecule has 1 aliphatic rings. The fourth-order valence-corrected chi connectivity index (χ4v) is 3.41. The Hall–Kier alpha value is -2.67. The number of benzene rings is 1. The number of carbonyl (C=O) groups excluding carboxylic acids is 1. The Morgan fingerprint density at radius 3 is 2.88 bits per heavy atom. The Kier molecular flexibility index (Phi) is 3.61. The molecular formula is C18H20N4O3. The zero-order valence-electron chi connectivity index (χ0n) is 14.2. The first-order valence-corrected chi connectivity index (χ1v) is 8.35. The molecule has 0 spiro atoms. The van der Waals surface area contributed by atoms with Crippen LogP contribution in [0.2, 0.25) is 0 Å². The Morgan fingerprint density at radius 2 is 2.12 bits per heavy atom. The van der Waals surface area contributed by atoms with Crippen LogP contribution < -0.4 is 0 Å². The van der Waals surface area contributed by atoms with Crippen LogP contribution in [0.3, 0.4) is 0 Å². The summed E-state index contributed by atoms with van der Waals surface area (Å²) in [5.74, 6) is 0.0810. The van der Waals surface area contributed by atoms with Gasteiger partial charge in [0.2, 0.25) is 0 Å². The van der Waals surface area contributed by atoms with Crippen LogP contribution in [-0.4, -0.2) is 44.4 Å². The molecule has 2 aromatic heterocycles. The summed E-state index contributed by atoms with van der Waals surface area (Å²) in [5.41, 5.74) is 2.26. The second-order valence-electron chi connectivity index (χ2n) is 6.80. The highest BCUT2D eigenvalue weighted by molar-refractivity contribution is 5.96. The number of fused-ring (bicyclic) bond motifs is 1. The summed E-state index contributed by atoms with van der Waals surface area (Å²) < 4.78 is 5.77. The summed E-state index contributed by atoms with van der Waals surface area (Å²) in [4.78, 5) is 14.5. The predicted molar refractivity (Wildman–Crippen MR) is 91.1 cm³/mol. The number of aliphatic hydroxyl groups is 1. The van der Waals surface area contributed by atoms with Gasteiger partial charge in [0, 0.05) is 11.9 Å². The third kappa shape index (κ3) is 2.70. The van der Waals surface area contributed by atoms with Crippen molar-refractivity contribution in [2.75, 3.05) is 13.1 Å². The summed E-state index contributed by atoms with van der Waals surface area (Å²) in [6.45, 7) is 4.80. The first-order valence-electron chi connectivity index (χ1n) is 8.35. The Bertz CT molecular complexity index is 892. The Labute approximate surface area is 144 Å². The highest BCUT2D eigenvalue weighted by atomic mass is 16.3. The number of amides is 1. The molecule has 0 radical (unpaired) electrons. The molecule has 1 aromatic carbocycles. The number of nitrogens with one attached hydrogen (secondary N) is 1. The molecule has 1 amide bonds. The summed E-state index contributed by atoms with van der Waals surface area (Å²) in [6.07, 6.45) is 2.73. The van der Waals surface area contributed by atoms with Crippen molar-refractivity contribution in [3.63, 3.8) is 0 Å². The van der Waals surface area contributed by atoms with Crippen molar-refractivity contribution in [3.05, 3.63) is 47.0 Å². The van der Waals surface area contributed by atoms with Crippen LogP contribution in [-0.2, 0) is 5.60 Å². The molecule has 1 aliphatic heterocycles. The van der Waals surface area contributed by atoms with Crippen LogP contribution in [0.5, 0.6) is 0 Å². The molecule has 1 atom stereocenters. The lowest BCUT2D eigenvalue weighted by Crippen LogP contribution is -2.48. The van der Waals surface area contributed by atoms with Crippen molar-refractivity contribution in [1.82, 2.24) is 20.3 Å². The molecule has 1 fully saturated rings. The number of aromatic nitrogens is 3. The number of H-pyrrole nitrogens is 1. The number of aromatic amines is 1. The lowest BCUT2D eigenvalue weighted by atomic mass is 9.90. The molecule has 0 aliphatic carbocycles. The molecule has 25 heavy (non-hydrogen) atoms. The molecule has 0 bridgehead atoms. The minimum atomic E-state index is -1.18. The molecule has 130 valence electrons. The van der Waals surface area contributed by atoms with E-state index < -0.39 is 5.60 Å². The maximum atomic E-state index is 12.9.